The molecule has 0 aliphatic heterocycles. The number of nitrogens with zero attached hydrogens (tertiary/aromatic N) is 1. The lowest BCUT2D eigenvalue weighted by atomic mass is 10.1. The van der Waals surface area contributed by atoms with Crippen LogP contribution in [0.1, 0.15) is 41.0 Å². The van der Waals surface area contributed by atoms with Crippen molar-refractivity contribution in [1.82, 2.24) is 4.90 Å². The Morgan fingerprint density at radius 2 is 1.54 bits per heavy atom. The van der Waals surface area contributed by atoms with Gasteiger partial charge in [-0.3, -0.25) is 9.69 Å². The highest BCUT2D eigenvalue weighted by Gasteiger charge is 2.21. The summed E-state index contributed by atoms with van der Waals surface area (Å²) in [6, 6.07) is 0.904. The fraction of sp³-hybridized carbons (Fsp3) is 0.900. The molecule has 1 atom stereocenters. The minimum absolute atomic E-state index is 0.109. The number of aliphatic carboxylic acids is 1. The molecule has 0 aliphatic rings. The van der Waals surface area contributed by atoms with Crippen LogP contribution in [0.25, 0.3) is 0 Å². The van der Waals surface area contributed by atoms with E-state index < -0.39 is 5.97 Å². The molecule has 1 unspecified atom stereocenters. The number of rotatable bonds is 5. The molecule has 78 valence electrons. The van der Waals surface area contributed by atoms with E-state index in [-0.39, 0.29) is 12.5 Å². The van der Waals surface area contributed by atoms with Gasteiger partial charge in [0.05, 0.1) is 6.42 Å². The quantitative estimate of drug-likeness (QED) is 0.715. The van der Waals surface area contributed by atoms with Crippen molar-refractivity contribution >= 4 is 5.97 Å². The maximum atomic E-state index is 10.5. The zero-order valence-corrected chi connectivity index (χ0v) is 9.24. The van der Waals surface area contributed by atoms with Crippen LogP contribution in [-0.4, -0.2) is 34.1 Å². The molecule has 0 heterocycles. The Bertz CT molecular complexity index is 158. The number of carboxylic acid groups (broad SMARTS) is 1. The van der Waals surface area contributed by atoms with Gasteiger partial charge in [0, 0.05) is 18.1 Å². The lowest BCUT2D eigenvalue weighted by molar-refractivity contribution is -0.138. The van der Waals surface area contributed by atoms with Gasteiger partial charge in [-0.25, -0.2) is 0 Å². The highest BCUT2D eigenvalue weighted by atomic mass is 16.4. The van der Waals surface area contributed by atoms with E-state index in [2.05, 4.69) is 32.6 Å². The van der Waals surface area contributed by atoms with Crippen LogP contribution >= 0.6 is 0 Å². The molecule has 1 N–H and O–H groups in total. The van der Waals surface area contributed by atoms with Gasteiger partial charge in [0.25, 0.3) is 0 Å². The molecule has 13 heavy (non-hydrogen) atoms. The van der Waals surface area contributed by atoms with Crippen LogP contribution in [0.3, 0.4) is 0 Å². The smallest absolute Gasteiger partial charge is 0.304 e. The van der Waals surface area contributed by atoms with Crippen LogP contribution in [0.15, 0.2) is 0 Å². The third-order valence-corrected chi connectivity index (χ3v) is 2.17. The fourth-order valence-electron chi connectivity index (χ4n) is 1.97. The first-order valence-corrected chi connectivity index (χ1v) is 4.85. The molecule has 0 aromatic rings. The van der Waals surface area contributed by atoms with E-state index in [1.54, 1.807) is 0 Å². The van der Waals surface area contributed by atoms with Crippen LogP contribution in [0.2, 0.25) is 0 Å². The molecule has 0 bridgehead atoms. The van der Waals surface area contributed by atoms with Crippen molar-refractivity contribution in [3.63, 3.8) is 0 Å². The summed E-state index contributed by atoms with van der Waals surface area (Å²) >= 11 is 0. The summed E-state index contributed by atoms with van der Waals surface area (Å²) in [7, 11) is 0. The van der Waals surface area contributed by atoms with Crippen molar-refractivity contribution in [1.29, 1.82) is 0 Å². The zero-order valence-electron chi connectivity index (χ0n) is 9.24. The minimum atomic E-state index is -0.723. The van der Waals surface area contributed by atoms with E-state index >= 15 is 0 Å². The summed E-state index contributed by atoms with van der Waals surface area (Å²) in [6.07, 6.45) is 0.219. The highest BCUT2D eigenvalue weighted by Crippen LogP contribution is 2.12. The van der Waals surface area contributed by atoms with Gasteiger partial charge in [-0.05, 0) is 34.6 Å². The summed E-state index contributed by atoms with van der Waals surface area (Å²) in [4.78, 5) is 12.7. The SMILES string of the molecule is CC(C)N(C(C)C)C(C)CC(=O)O. The number of carboxylic acids is 1. The second-order valence-corrected chi connectivity index (χ2v) is 4.08. The normalized spacial score (nSPS) is 14.2. The molecule has 0 amide bonds. The second-order valence-electron chi connectivity index (χ2n) is 4.08. The molecule has 0 spiro atoms. The summed E-state index contributed by atoms with van der Waals surface area (Å²) in [6.45, 7) is 10.3. The molecule has 0 radical (unpaired) electrons. The zero-order chi connectivity index (χ0) is 10.6. The van der Waals surface area contributed by atoms with Gasteiger partial charge in [0.1, 0.15) is 0 Å². The molecule has 3 heteroatoms. The maximum absolute atomic E-state index is 10.5. The van der Waals surface area contributed by atoms with Crippen molar-refractivity contribution in [3.05, 3.63) is 0 Å². The van der Waals surface area contributed by atoms with Gasteiger partial charge in [-0.1, -0.05) is 0 Å². The van der Waals surface area contributed by atoms with E-state index in [1.165, 1.54) is 0 Å². The first kappa shape index (κ1) is 12.4. The van der Waals surface area contributed by atoms with Gasteiger partial charge in [0.15, 0.2) is 0 Å². The molecule has 0 fully saturated rings. The molecule has 3 nitrogen and oxygen atoms in total. The lowest BCUT2D eigenvalue weighted by Gasteiger charge is -2.35. The molecular weight excluding hydrogens is 166 g/mol. The summed E-state index contributed by atoms with van der Waals surface area (Å²) in [5, 5.41) is 8.67. The van der Waals surface area contributed by atoms with Crippen molar-refractivity contribution < 1.29 is 9.90 Å². The lowest BCUT2D eigenvalue weighted by Crippen LogP contribution is -2.44. The van der Waals surface area contributed by atoms with E-state index in [4.69, 9.17) is 5.11 Å². The average Bonchev–Trinajstić information content (AvgIpc) is 1.81. The van der Waals surface area contributed by atoms with E-state index in [0.717, 1.165) is 0 Å². The second kappa shape index (κ2) is 5.22. The minimum Gasteiger partial charge on any atom is -0.481 e. The van der Waals surface area contributed by atoms with Gasteiger partial charge < -0.3 is 5.11 Å². The van der Waals surface area contributed by atoms with Crippen molar-refractivity contribution in [2.75, 3.05) is 0 Å². The topological polar surface area (TPSA) is 40.5 Å². The van der Waals surface area contributed by atoms with Gasteiger partial charge in [-0.2, -0.15) is 0 Å². The third kappa shape index (κ3) is 4.27. The summed E-state index contributed by atoms with van der Waals surface area (Å²) in [5.74, 6) is -0.723. The Balaban J connectivity index is 4.28. The summed E-state index contributed by atoms with van der Waals surface area (Å²) in [5.41, 5.74) is 0. The van der Waals surface area contributed by atoms with Crippen molar-refractivity contribution in [3.8, 4) is 0 Å². The predicted octanol–water partition coefficient (Wildman–Crippen LogP) is 1.97. The van der Waals surface area contributed by atoms with E-state index in [0.29, 0.717) is 12.1 Å². The van der Waals surface area contributed by atoms with Crippen molar-refractivity contribution in [2.24, 2.45) is 0 Å². The highest BCUT2D eigenvalue weighted by molar-refractivity contribution is 5.67. The first-order valence-electron chi connectivity index (χ1n) is 4.85. The Morgan fingerprint density at radius 1 is 1.15 bits per heavy atom. The van der Waals surface area contributed by atoms with Crippen LogP contribution in [0.4, 0.5) is 0 Å². The van der Waals surface area contributed by atoms with Gasteiger partial charge >= 0.3 is 5.97 Å². The molecule has 0 saturated heterocycles. The van der Waals surface area contributed by atoms with Gasteiger partial charge in [0.2, 0.25) is 0 Å². The predicted molar refractivity (Wildman–Crippen MR) is 53.8 cm³/mol. The van der Waals surface area contributed by atoms with E-state index in [1.807, 2.05) is 6.92 Å². The van der Waals surface area contributed by atoms with Crippen molar-refractivity contribution in [2.45, 2.75) is 59.2 Å². The number of hydrogen-bond donors (Lipinski definition) is 1. The van der Waals surface area contributed by atoms with Crippen LogP contribution in [-0.2, 0) is 4.79 Å². The molecule has 0 aromatic heterocycles. The third-order valence-electron chi connectivity index (χ3n) is 2.17. The maximum Gasteiger partial charge on any atom is 0.304 e. The fourth-order valence-corrected chi connectivity index (χ4v) is 1.97. The average molecular weight is 187 g/mol. The van der Waals surface area contributed by atoms with E-state index in [9.17, 15) is 4.79 Å². The standard InChI is InChI=1S/C10H21NO2/c1-7(2)11(8(3)4)9(5)6-10(12)13/h7-9H,6H2,1-5H3,(H,12,13). The molecule has 0 aliphatic carbocycles. The number of carbonyl (C=O) groups is 1. The van der Waals surface area contributed by atoms with Crippen LogP contribution < -0.4 is 0 Å². The monoisotopic (exact) mass is 187 g/mol. The Hall–Kier alpha value is -0.570. The van der Waals surface area contributed by atoms with Gasteiger partial charge in [-0.15, -0.1) is 0 Å². The largest absolute Gasteiger partial charge is 0.481 e. The Labute approximate surface area is 80.7 Å². The number of hydrogen-bond acceptors (Lipinski definition) is 2. The molecule has 0 rings (SSSR count). The summed E-state index contributed by atoms with van der Waals surface area (Å²) < 4.78 is 0. The Kier molecular flexibility index (Phi) is 4.99. The Morgan fingerprint density at radius 3 is 1.77 bits per heavy atom. The van der Waals surface area contributed by atoms with Crippen LogP contribution in [0.5, 0.6) is 0 Å². The molecule has 0 aromatic carbocycles. The molecule has 0 saturated carbocycles. The molecular formula is C10H21NO2. The van der Waals surface area contributed by atoms with Crippen LogP contribution in [0, 0.1) is 0 Å². The first-order chi connectivity index (χ1) is 5.86.